The molecule has 170 valence electrons. The van der Waals surface area contributed by atoms with Crippen molar-refractivity contribution in [3.63, 3.8) is 0 Å². The molecule has 1 aromatic heterocycles. The highest BCUT2D eigenvalue weighted by Gasteiger charge is 2.02. The van der Waals surface area contributed by atoms with Crippen LogP contribution >= 0.6 is 0 Å². The highest BCUT2D eigenvalue weighted by atomic mass is 16.5. The Morgan fingerprint density at radius 2 is 1.00 bits per heavy atom. The first-order valence-electron chi connectivity index (χ1n) is 12.4. The Hall–Kier alpha value is -1.32. The van der Waals surface area contributed by atoms with Crippen LogP contribution in [-0.2, 0) is 0 Å². The maximum atomic E-state index is 9.94. The highest BCUT2D eigenvalue weighted by molar-refractivity contribution is 5.84. The Labute approximate surface area is 179 Å². The molecule has 4 heteroatoms. The average Bonchev–Trinajstić information content (AvgIpc) is 3.26. The molecule has 1 heterocycles. The standard InChI is InChI=1S/C21H44.C4H3NO3/c1-3-5-7-9-11-13-15-17-19-21-20-18-16-14-12-10-8-6-4-2;6-4(7)3-1-2-8-5-3/h3-21H2,1-2H3;1-2H,(H,6,7). The summed E-state index contributed by atoms with van der Waals surface area (Å²) < 4.78 is 4.24. The van der Waals surface area contributed by atoms with Gasteiger partial charge in [-0.2, -0.15) is 0 Å². The summed E-state index contributed by atoms with van der Waals surface area (Å²) in [5.74, 6) is -1.07. The van der Waals surface area contributed by atoms with Gasteiger partial charge in [0.05, 0.1) is 0 Å². The van der Waals surface area contributed by atoms with E-state index in [1.54, 1.807) is 0 Å². The predicted octanol–water partition coefficient (Wildman–Crippen LogP) is 8.81. The van der Waals surface area contributed by atoms with Crippen molar-refractivity contribution in [3.8, 4) is 0 Å². The molecular formula is C25H47NO3. The summed E-state index contributed by atoms with van der Waals surface area (Å²) in [5, 5.41) is 11.3. The molecule has 1 N–H and O–H groups in total. The van der Waals surface area contributed by atoms with Gasteiger partial charge in [0.25, 0.3) is 0 Å². The van der Waals surface area contributed by atoms with Crippen molar-refractivity contribution in [2.75, 3.05) is 0 Å². The van der Waals surface area contributed by atoms with Crippen LogP contribution < -0.4 is 0 Å². The van der Waals surface area contributed by atoms with Crippen molar-refractivity contribution in [1.29, 1.82) is 0 Å². The van der Waals surface area contributed by atoms with Gasteiger partial charge in [0.2, 0.25) is 0 Å². The molecule has 0 bridgehead atoms. The fourth-order valence-corrected chi connectivity index (χ4v) is 3.47. The molecule has 0 aromatic carbocycles. The Bertz CT molecular complexity index is 413. The lowest BCUT2D eigenvalue weighted by Crippen LogP contribution is -1.94. The minimum Gasteiger partial charge on any atom is -0.476 e. The van der Waals surface area contributed by atoms with Crippen LogP contribution in [0.5, 0.6) is 0 Å². The van der Waals surface area contributed by atoms with Gasteiger partial charge in [-0.1, -0.05) is 141 Å². The van der Waals surface area contributed by atoms with Crippen molar-refractivity contribution >= 4 is 5.97 Å². The second kappa shape index (κ2) is 23.0. The number of aromatic carboxylic acids is 1. The first-order valence-corrected chi connectivity index (χ1v) is 12.4. The van der Waals surface area contributed by atoms with Crippen LogP contribution in [0, 0.1) is 0 Å². The molecule has 0 unspecified atom stereocenters. The first kappa shape index (κ1) is 27.7. The van der Waals surface area contributed by atoms with Gasteiger partial charge in [-0.15, -0.1) is 0 Å². The van der Waals surface area contributed by atoms with Crippen LogP contribution in [0.25, 0.3) is 0 Å². The number of rotatable bonds is 19. The van der Waals surface area contributed by atoms with Crippen molar-refractivity contribution in [2.45, 2.75) is 136 Å². The second-order valence-electron chi connectivity index (χ2n) is 8.20. The Balaban J connectivity index is 0.000000807. The Morgan fingerprint density at radius 1 is 0.690 bits per heavy atom. The van der Waals surface area contributed by atoms with Crippen LogP contribution in [0.1, 0.15) is 146 Å². The molecule has 0 saturated heterocycles. The summed E-state index contributed by atoms with van der Waals surface area (Å²) in [5.41, 5.74) is -0.0648. The third-order valence-electron chi connectivity index (χ3n) is 5.36. The number of carbonyl (C=O) groups is 1. The number of nitrogens with zero attached hydrogens (tertiary/aromatic N) is 1. The zero-order chi connectivity index (χ0) is 21.4. The van der Waals surface area contributed by atoms with Crippen LogP contribution in [-0.4, -0.2) is 16.2 Å². The number of carboxylic acid groups (broad SMARTS) is 1. The highest BCUT2D eigenvalue weighted by Crippen LogP contribution is 2.14. The quantitative estimate of drug-likeness (QED) is 0.232. The van der Waals surface area contributed by atoms with Gasteiger partial charge >= 0.3 is 5.97 Å². The molecule has 29 heavy (non-hydrogen) atoms. The van der Waals surface area contributed by atoms with E-state index in [2.05, 4.69) is 23.5 Å². The summed E-state index contributed by atoms with van der Waals surface area (Å²) in [4.78, 5) is 9.94. The zero-order valence-corrected chi connectivity index (χ0v) is 19.3. The molecule has 0 spiro atoms. The Kier molecular flexibility index (Phi) is 21.9. The number of hydrogen-bond donors (Lipinski definition) is 1. The van der Waals surface area contributed by atoms with Crippen LogP contribution in [0.3, 0.4) is 0 Å². The molecular weight excluding hydrogens is 362 g/mol. The molecule has 0 fully saturated rings. The van der Waals surface area contributed by atoms with E-state index in [-0.39, 0.29) is 5.69 Å². The molecule has 1 rings (SSSR count). The van der Waals surface area contributed by atoms with Crippen LogP contribution in [0.2, 0.25) is 0 Å². The van der Waals surface area contributed by atoms with Gasteiger partial charge in [0.15, 0.2) is 5.69 Å². The van der Waals surface area contributed by atoms with Gasteiger partial charge in [-0.3, -0.25) is 0 Å². The van der Waals surface area contributed by atoms with Gasteiger partial charge in [-0.05, 0) is 0 Å². The van der Waals surface area contributed by atoms with E-state index in [1.165, 1.54) is 134 Å². The maximum Gasteiger partial charge on any atom is 0.358 e. The lowest BCUT2D eigenvalue weighted by molar-refractivity contribution is 0.0685. The van der Waals surface area contributed by atoms with E-state index in [9.17, 15) is 4.79 Å². The largest absolute Gasteiger partial charge is 0.476 e. The molecule has 0 radical (unpaired) electrons. The monoisotopic (exact) mass is 409 g/mol. The van der Waals surface area contributed by atoms with Gasteiger partial charge in [0, 0.05) is 6.07 Å². The average molecular weight is 410 g/mol. The molecule has 4 nitrogen and oxygen atoms in total. The SMILES string of the molecule is CCCCCCCCCCCCCCCCCCCCC.O=C(O)c1ccon1. The topological polar surface area (TPSA) is 63.3 Å². The van der Waals surface area contributed by atoms with Crippen molar-refractivity contribution in [3.05, 3.63) is 18.0 Å². The third-order valence-corrected chi connectivity index (χ3v) is 5.36. The summed E-state index contributed by atoms with van der Waals surface area (Å²) >= 11 is 0. The summed E-state index contributed by atoms with van der Waals surface area (Å²) in [6.07, 6.45) is 29.1. The fourth-order valence-electron chi connectivity index (χ4n) is 3.47. The predicted molar refractivity (Wildman–Crippen MR) is 123 cm³/mol. The van der Waals surface area contributed by atoms with Gasteiger partial charge in [0.1, 0.15) is 6.26 Å². The molecule has 0 aliphatic carbocycles. The second-order valence-corrected chi connectivity index (χ2v) is 8.20. The van der Waals surface area contributed by atoms with E-state index < -0.39 is 5.97 Å². The van der Waals surface area contributed by atoms with Crippen LogP contribution in [0.15, 0.2) is 16.9 Å². The molecule has 0 aliphatic heterocycles. The van der Waals surface area contributed by atoms with Gasteiger partial charge < -0.3 is 9.63 Å². The van der Waals surface area contributed by atoms with E-state index in [1.807, 2.05) is 0 Å². The lowest BCUT2D eigenvalue weighted by Gasteiger charge is -2.03. The van der Waals surface area contributed by atoms with Crippen LogP contribution in [0.4, 0.5) is 0 Å². The fraction of sp³-hybridized carbons (Fsp3) is 0.840. The maximum absolute atomic E-state index is 9.94. The molecule has 0 atom stereocenters. The zero-order valence-electron chi connectivity index (χ0n) is 19.3. The summed E-state index contributed by atoms with van der Waals surface area (Å²) in [7, 11) is 0. The normalized spacial score (nSPS) is 10.6. The number of unbranched alkanes of at least 4 members (excludes halogenated alkanes) is 18. The van der Waals surface area contributed by atoms with E-state index in [0.29, 0.717) is 0 Å². The summed E-state index contributed by atoms with van der Waals surface area (Å²) in [6, 6.07) is 1.28. The van der Waals surface area contributed by atoms with Crippen molar-refractivity contribution in [1.82, 2.24) is 5.16 Å². The molecule has 0 amide bonds. The minimum absolute atomic E-state index is 0.0648. The molecule has 0 aliphatic rings. The van der Waals surface area contributed by atoms with E-state index in [4.69, 9.17) is 5.11 Å². The number of aromatic nitrogens is 1. The number of hydrogen-bond acceptors (Lipinski definition) is 3. The van der Waals surface area contributed by atoms with E-state index >= 15 is 0 Å². The lowest BCUT2D eigenvalue weighted by atomic mass is 10.0. The van der Waals surface area contributed by atoms with Crippen molar-refractivity contribution in [2.24, 2.45) is 0 Å². The number of carboxylic acids is 1. The smallest absolute Gasteiger partial charge is 0.358 e. The molecule has 0 saturated carbocycles. The first-order chi connectivity index (χ1) is 14.2. The third kappa shape index (κ3) is 21.2. The van der Waals surface area contributed by atoms with E-state index in [0.717, 1.165) is 0 Å². The molecule has 1 aromatic rings. The minimum atomic E-state index is -1.07. The van der Waals surface area contributed by atoms with Crippen molar-refractivity contribution < 1.29 is 14.4 Å². The summed E-state index contributed by atoms with van der Waals surface area (Å²) in [6.45, 7) is 4.60. The van der Waals surface area contributed by atoms with Gasteiger partial charge in [-0.25, -0.2) is 4.79 Å². The Morgan fingerprint density at radius 3 is 1.17 bits per heavy atom.